The number of rotatable bonds is 5. The fourth-order valence-corrected chi connectivity index (χ4v) is 1.69. The van der Waals surface area contributed by atoms with Crippen molar-refractivity contribution in [1.82, 2.24) is 15.3 Å². The van der Waals surface area contributed by atoms with Gasteiger partial charge in [-0.3, -0.25) is 4.79 Å². The first-order chi connectivity index (χ1) is 8.74. The summed E-state index contributed by atoms with van der Waals surface area (Å²) in [6, 6.07) is 4.78. The van der Waals surface area contributed by atoms with Crippen molar-refractivity contribution in [3.63, 3.8) is 0 Å². The van der Waals surface area contributed by atoms with Crippen molar-refractivity contribution in [2.75, 3.05) is 20.3 Å². The molecule has 1 atom stereocenters. The normalized spacial score (nSPS) is 12.6. The molecule has 0 radical (unpaired) electrons. The van der Waals surface area contributed by atoms with Gasteiger partial charge in [-0.25, -0.2) is 4.98 Å². The van der Waals surface area contributed by atoms with Crippen molar-refractivity contribution in [3.8, 4) is 0 Å². The zero-order chi connectivity index (χ0) is 13.0. The third-order valence-corrected chi connectivity index (χ3v) is 2.61. The third-order valence-electron chi connectivity index (χ3n) is 2.61. The number of aromatic nitrogens is 2. The van der Waals surface area contributed by atoms with Crippen LogP contribution in [0, 0.1) is 0 Å². The van der Waals surface area contributed by atoms with Crippen LogP contribution in [0.3, 0.4) is 0 Å². The van der Waals surface area contributed by atoms with Crippen LogP contribution in [0.15, 0.2) is 24.5 Å². The molecule has 0 saturated heterocycles. The summed E-state index contributed by atoms with van der Waals surface area (Å²) in [6.07, 6.45) is 1.58. The predicted molar refractivity (Wildman–Crippen MR) is 66.3 cm³/mol. The highest BCUT2D eigenvalue weighted by Crippen LogP contribution is 2.11. The molecule has 0 bridgehead atoms. The molecule has 1 amide bonds. The number of ether oxygens (including phenoxy) is 1. The number of amides is 1. The standard InChI is InChI=1S/C12H15N3O3/c1-18-6-9(5-16)15-12(17)8-2-3-10-11(4-8)14-7-13-10/h2-4,7,9,16H,5-6H2,1H3,(H,13,14)(H,15,17). The van der Waals surface area contributed by atoms with Crippen LogP contribution in [0.25, 0.3) is 11.0 Å². The molecule has 6 nitrogen and oxygen atoms in total. The summed E-state index contributed by atoms with van der Waals surface area (Å²) < 4.78 is 4.90. The van der Waals surface area contributed by atoms with Crippen LogP contribution in [-0.4, -0.2) is 47.3 Å². The van der Waals surface area contributed by atoms with Crippen molar-refractivity contribution < 1.29 is 14.6 Å². The van der Waals surface area contributed by atoms with Crippen LogP contribution >= 0.6 is 0 Å². The van der Waals surface area contributed by atoms with Gasteiger partial charge in [0.05, 0.1) is 36.6 Å². The van der Waals surface area contributed by atoms with Gasteiger partial charge in [0.2, 0.25) is 0 Å². The molecule has 2 rings (SSSR count). The van der Waals surface area contributed by atoms with Gasteiger partial charge < -0.3 is 20.1 Å². The number of aliphatic hydroxyl groups is 1. The van der Waals surface area contributed by atoms with Gasteiger partial charge in [0.15, 0.2) is 0 Å². The molecule has 0 aliphatic carbocycles. The van der Waals surface area contributed by atoms with Crippen LogP contribution in [-0.2, 0) is 4.74 Å². The van der Waals surface area contributed by atoms with E-state index >= 15 is 0 Å². The van der Waals surface area contributed by atoms with E-state index in [1.165, 1.54) is 7.11 Å². The number of H-pyrrole nitrogens is 1. The maximum Gasteiger partial charge on any atom is 0.251 e. The molecule has 0 aliphatic rings. The molecule has 1 unspecified atom stereocenters. The van der Waals surface area contributed by atoms with E-state index in [1.807, 2.05) is 0 Å². The van der Waals surface area contributed by atoms with Crippen LogP contribution in [0.4, 0.5) is 0 Å². The first kappa shape index (κ1) is 12.5. The van der Waals surface area contributed by atoms with Gasteiger partial charge in [-0.1, -0.05) is 0 Å². The van der Waals surface area contributed by atoms with Crippen LogP contribution < -0.4 is 5.32 Å². The summed E-state index contributed by atoms with van der Waals surface area (Å²) in [5.74, 6) is -0.248. The highest BCUT2D eigenvalue weighted by atomic mass is 16.5. The molecule has 0 spiro atoms. The maximum atomic E-state index is 11.9. The Labute approximate surface area is 104 Å². The number of carbonyl (C=O) groups excluding carboxylic acids is 1. The molecule has 0 aliphatic heterocycles. The molecule has 1 aromatic heterocycles. The molecule has 6 heteroatoms. The smallest absolute Gasteiger partial charge is 0.251 e. The number of fused-ring (bicyclic) bond motifs is 1. The second-order valence-electron chi connectivity index (χ2n) is 3.94. The SMILES string of the molecule is COCC(CO)NC(=O)c1ccc2nc[nH]c2c1. The number of aliphatic hydroxyl groups excluding tert-OH is 1. The fourth-order valence-electron chi connectivity index (χ4n) is 1.69. The van der Waals surface area contributed by atoms with E-state index in [2.05, 4.69) is 15.3 Å². The quantitative estimate of drug-likeness (QED) is 0.711. The number of nitrogens with one attached hydrogen (secondary N) is 2. The van der Waals surface area contributed by atoms with Crippen molar-refractivity contribution in [1.29, 1.82) is 0 Å². The van der Waals surface area contributed by atoms with E-state index in [0.29, 0.717) is 5.56 Å². The molecule has 18 heavy (non-hydrogen) atoms. The van der Waals surface area contributed by atoms with Crippen molar-refractivity contribution in [2.24, 2.45) is 0 Å². The monoisotopic (exact) mass is 249 g/mol. The molecule has 96 valence electrons. The lowest BCUT2D eigenvalue weighted by Gasteiger charge is -2.15. The Morgan fingerprint density at radius 2 is 2.44 bits per heavy atom. The Hall–Kier alpha value is -1.92. The number of aromatic amines is 1. The van der Waals surface area contributed by atoms with Gasteiger partial charge in [-0.15, -0.1) is 0 Å². The predicted octanol–water partition coefficient (Wildman–Crippen LogP) is 0.300. The number of imidazole rings is 1. The molecule has 3 N–H and O–H groups in total. The van der Waals surface area contributed by atoms with Crippen molar-refractivity contribution in [2.45, 2.75) is 6.04 Å². The van der Waals surface area contributed by atoms with Gasteiger partial charge >= 0.3 is 0 Å². The second kappa shape index (κ2) is 5.61. The molecule has 2 aromatic rings. The van der Waals surface area contributed by atoms with Gasteiger partial charge in [-0.2, -0.15) is 0 Å². The summed E-state index contributed by atoms with van der Waals surface area (Å²) in [6.45, 7) is 0.112. The van der Waals surface area contributed by atoms with Crippen molar-refractivity contribution in [3.05, 3.63) is 30.1 Å². The molecular weight excluding hydrogens is 234 g/mol. The van der Waals surface area contributed by atoms with Gasteiger partial charge in [0.1, 0.15) is 0 Å². The van der Waals surface area contributed by atoms with Gasteiger partial charge in [-0.05, 0) is 18.2 Å². The number of nitrogens with zero attached hydrogens (tertiary/aromatic N) is 1. The maximum absolute atomic E-state index is 11.9. The average Bonchev–Trinajstić information content (AvgIpc) is 2.85. The molecule has 1 aromatic carbocycles. The van der Waals surface area contributed by atoms with E-state index < -0.39 is 6.04 Å². The van der Waals surface area contributed by atoms with E-state index in [0.717, 1.165) is 11.0 Å². The largest absolute Gasteiger partial charge is 0.394 e. The minimum Gasteiger partial charge on any atom is -0.394 e. The zero-order valence-electron chi connectivity index (χ0n) is 10.0. The second-order valence-corrected chi connectivity index (χ2v) is 3.94. The Balaban J connectivity index is 2.12. The Bertz CT molecular complexity index is 538. The minimum absolute atomic E-state index is 0.161. The summed E-state index contributed by atoms with van der Waals surface area (Å²) in [5.41, 5.74) is 2.12. The number of hydrogen-bond acceptors (Lipinski definition) is 4. The van der Waals surface area contributed by atoms with Crippen LogP contribution in [0.5, 0.6) is 0 Å². The topological polar surface area (TPSA) is 87.2 Å². The highest BCUT2D eigenvalue weighted by molar-refractivity contribution is 5.97. The Kier molecular flexibility index (Phi) is 3.91. The van der Waals surface area contributed by atoms with Gasteiger partial charge in [0.25, 0.3) is 5.91 Å². The average molecular weight is 249 g/mol. The number of carbonyl (C=O) groups is 1. The Morgan fingerprint density at radius 3 is 3.17 bits per heavy atom. The molecular formula is C12H15N3O3. The summed E-state index contributed by atoms with van der Waals surface area (Å²) in [7, 11) is 1.52. The first-order valence-corrected chi connectivity index (χ1v) is 5.58. The Morgan fingerprint density at radius 1 is 1.61 bits per heavy atom. The first-order valence-electron chi connectivity index (χ1n) is 5.58. The lowest BCUT2D eigenvalue weighted by molar-refractivity contribution is 0.0840. The number of hydrogen-bond donors (Lipinski definition) is 3. The lowest BCUT2D eigenvalue weighted by atomic mass is 10.1. The van der Waals surface area contributed by atoms with E-state index in [-0.39, 0.29) is 19.1 Å². The van der Waals surface area contributed by atoms with E-state index in [9.17, 15) is 4.79 Å². The van der Waals surface area contributed by atoms with Crippen molar-refractivity contribution >= 4 is 16.9 Å². The van der Waals surface area contributed by atoms with E-state index in [4.69, 9.17) is 9.84 Å². The lowest BCUT2D eigenvalue weighted by Crippen LogP contribution is -2.40. The highest BCUT2D eigenvalue weighted by Gasteiger charge is 2.13. The zero-order valence-corrected chi connectivity index (χ0v) is 10.0. The number of benzene rings is 1. The van der Waals surface area contributed by atoms with Crippen LogP contribution in [0.1, 0.15) is 10.4 Å². The van der Waals surface area contributed by atoms with E-state index in [1.54, 1.807) is 24.5 Å². The number of methoxy groups -OCH3 is 1. The third kappa shape index (κ3) is 2.66. The molecule has 1 heterocycles. The fraction of sp³-hybridized carbons (Fsp3) is 0.333. The summed E-state index contributed by atoms with van der Waals surface area (Å²) >= 11 is 0. The molecule has 0 fully saturated rings. The molecule has 0 saturated carbocycles. The van der Waals surface area contributed by atoms with Gasteiger partial charge in [0, 0.05) is 12.7 Å². The summed E-state index contributed by atoms with van der Waals surface area (Å²) in [4.78, 5) is 19.0. The van der Waals surface area contributed by atoms with Crippen LogP contribution in [0.2, 0.25) is 0 Å². The minimum atomic E-state index is -0.403. The summed E-state index contributed by atoms with van der Waals surface area (Å²) in [5, 5.41) is 11.8.